The summed E-state index contributed by atoms with van der Waals surface area (Å²) in [6.45, 7) is 1.08. The number of benzene rings is 2. The summed E-state index contributed by atoms with van der Waals surface area (Å²) in [6.07, 6.45) is 10.6. The molecule has 0 spiro atoms. The summed E-state index contributed by atoms with van der Waals surface area (Å²) >= 11 is 0. The van der Waals surface area contributed by atoms with Crippen LogP contribution in [0.25, 0.3) is 0 Å². The largest absolute Gasteiger partial charge is 0.415 e. The quantitative estimate of drug-likeness (QED) is 0.304. The van der Waals surface area contributed by atoms with Crippen molar-refractivity contribution in [2.24, 2.45) is 21.7 Å². The second-order valence-electron chi connectivity index (χ2n) is 11.3. The third-order valence-electron chi connectivity index (χ3n) is 8.32. The van der Waals surface area contributed by atoms with Gasteiger partial charge in [0.2, 0.25) is 5.70 Å². The Kier molecular flexibility index (Phi) is 6.92. The van der Waals surface area contributed by atoms with E-state index < -0.39 is 0 Å². The predicted molar refractivity (Wildman–Crippen MR) is 163 cm³/mol. The lowest BCUT2D eigenvalue weighted by Crippen LogP contribution is -2.53. The molecule has 0 radical (unpaired) electrons. The molecule has 1 aromatic heterocycles. The number of para-hydroxylation sites is 1. The summed E-state index contributed by atoms with van der Waals surface area (Å²) in [7, 11) is 0. The van der Waals surface area contributed by atoms with E-state index in [-0.39, 0.29) is 22.5 Å². The van der Waals surface area contributed by atoms with Crippen LogP contribution in [0.3, 0.4) is 0 Å². The fourth-order valence-corrected chi connectivity index (χ4v) is 5.87. The Hall–Kier alpha value is -4.93. The Labute approximate surface area is 249 Å². The summed E-state index contributed by atoms with van der Waals surface area (Å²) in [5.41, 5.74) is 4.09. The second-order valence-corrected chi connectivity index (χ2v) is 11.3. The van der Waals surface area contributed by atoms with Gasteiger partial charge < -0.3 is 15.0 Å². The molecule has 2 fully saturated rings. The normalized spacial score (nSPS) is 22.7. The van der Waals surface area contributed by atoms with Crippen LogP contribution < -0.4 is 15.9 Å². The van der Waals surface area contributed by atoms with Crippen LogP contribution in [0.2, 0.25) is 0 Å². The van der Waals surface area contributed by atoms with Gasteiger partial charge in [-0.05, 0) is 85.7 Å². The molecule has 2 aromatic carbocycles. The molecule has 2 atom stereocenters. The zero-order valence-corrected chi connectivity index (χ0v) is 23.6. The number of likely N-dealkylation sites (tertiary alicyclic amines) is 1. The third kappa shape index (κ3) is 5.38. The number of hydrogen-bond donors (Lipinski definition) is 2. The van der Waals surface area contributed by atoms with E-state index in [0.29, 0.717) is 42.0 Å². The highest BCUT2D eigenvalue weighted by Gasteiger charge is 2.46. The maximum atomic E-state index is 13.0. The number of quaternary nitrogens is 1. The number of aliphatic imine (C=N–C) groups is 2. The Morgan fingerprint density at radius 3 is 2.60 bits per heavy atom. The topological polar surface area (TPSA) is 122 Å². The van der Waals surface area contributed by atoms with Crippen molar-refractivity contribution in [3.8, 4) is 5.75 Å². The Bertz CT molecular complexity index is 1690. The highest BCUT2D eigenvalue weighted by Crippen LogP contribution is 2.40. The van der Waals surface area contributed by atoms with E-state index in [9.17, 15) is 9.59 Å². The first kappa shape index (κ1) is 26.9. The van der Waals surface area contributed by atoms with Crippen LogP contribution in [0.1, 0.15) is 53.1 Å². The van der Waals surface area contributed by atoms with Crippen LogP contribution in [0.5, 0.6) is 5.75 Å². The van der Waals surface area contributed by atoms with Gasteiger partial charge in [0.25, 0.3) is 11.7 Å². The minimum atomic E-state index is -0.377. The lowest BCUT2D eigenvalue weighted by atomic mass is 9.94. The van der Waals surface area contributed by atoms with E-state index >= 15 is 0 Å². The number of nitrogens with one attached hydrogen (secondary N) is 1. The fourth-order valence-electron chi connectivity index (χ4n) is 5.87. The molecule has 1 saturated heterocycles. The molecule has 43 heavy (non-hydrogen) atoms. The average molecular weight is 575 g/mol. The van der Waals surface area contributed by atoms with Crippen LogP contribution >= 0.6 is 0 Å². The number of carbonyl (C=O) groups is 2. The molecule has 10 nitrogen and oxygen atoms in total. The lowest BCUT2D eigenvalue weighted by Gasteiger charge is -2.32. The van der Waals surface area contributed by atoms with Gasteiger partial charge in [0, 0.05) is 30.8 Å². The van der Waals surface area contributed by atoms with Gasteiger partial charge in [-0.2, -0.15) is 10.8 Å². The molecule has 216 valence electrons. The number of fused-ring (bicyclic) bond motifs is 1. The SMILES string of the molecule is N[N+]12C=CN=CC1=C(C1CCCN(C(=O)Oc3ccccc3)C1)N=C2c1ccc(C(=O)Nc2cc(C3CC3)ccn2)cc1. The van der Waals surface area contributed by atoms with Crippen molar-refractivity contribution in [1.29, 1.82) is 0 Å². The van der Waals surface area contributed by atoms with Crippen molar-refractivity contribution < 1.29 is 18.9 Å². The Morgan fingerprint density at radius 1 is 1.00 bits per heavy atom. The summed E-state index contributed by atoms with van der Waals surface area (Å²) in [5, 5.41) is 2.91. The number of amides is 2. The molecule has 2 amide bonds. The number of piperidine rings is 1. The van der Waals surface area contributed by atoms with Gasteiger partial charge in [-0.3, -0.25) is 9.79 Å². The van der Waals surface area contributed by atoms with E-state index in [2.05, 4.69) is 15.3 Å². The van der Waals surface area contributed by atoms with E-state index in [0.717, 1.165) is 29.8 Å². The number of rotatable bonds is 6. The number of amidine groups is 1. The van der Waals surface area contributed by atoms with Gasteiger partial charge >= 0.3 is 6.09 Å². The van der Waals surface area contributed by atoms with E-state index in [1.807, 2.05) is 42.5 Å². The van der Waals surface area contributed by atoms with Crippen molar-refractivity contribution in [1.82, 2.24) is 9.88 Å². The molecule has 4 aliphatic rings. The molecule has 1 saturated carbocycles. The predicted octanol–water partition coefficient (Wildman–Crippen LogP) is 5.34. The van der Waals surface area contributed by atoms with Crippen molar-refractivity contribution in [3.05, 3.63) is 113 Å². The zero-order chi connectivity index (χ0) is 29.4. The third-order valence-corrected chi connectivity index (χ3v) is 8.32. The minimum Gasteiger partial charge on any atom is -0.410 e. The number of pyridine rings is 1. The minimum absolute atomic E-state index is 0.0347. The van der Waals surface area contributed by atoms with E-state index in [1.165, 1.54) is 18.4 Å². The van der Waals surface area contributed by atoms with Crippen LogP contribution in [0, 0.1) is 5.92 Å². The van der Waals surface area contributed by atoms with Gasteiger partial charge in [-0.25, -0.2) is 9.78 Å². The van der Waals surface area contributed by atoms with Crippen molar-refractivity contribution in [2.45, 2.75) is 31.6 Å². The molecular weight excluding hydrogens is 542 g/mol. The smallest absolute Gasteiger partial charge is 0.410 e. The first-order valence-corrected chi connectivity index (χ1v) is 14.6. The zero-order valence-electron chi connectivity index (χ0n) is 23.6. The van der Waals surface area contributed by atoms with Crippen LogP contribution in [0.15, 0.2) is 107 Å². The lowest BCUT2D eigenvalue weighted by molar-refractivity contribution is -0.750. The number of ether oxygens (including phenoxy) is 1. The molecule has 3 aromatic rings. The number of anilines is 1. The molecule has 3 aliphatic heterocycles. The Morgan fingerprint density at radius 2 is 1.81 bits per heavy atom. The molecule has 4 heterocycles. The summed E-state index contributed by atoms with van der Waals surface area (Å²) in [5.74, 6) is 8.96. The first-order chi connectivity index (χ1) is 21.0. The number of hydrogen-bond acceptors (Lipinski definition) is 7. The highest BCUT2D eigenvalue weighted by molar-refractivity contribution is 6.05. The summed E-state index contributed by atoms with van der Waals surface area (Å²) < 4.78 is 5.47. The van der Waals surface area contributed by atoms with E-state index in [4.69, 9.17) is 15.6 Å². The second kappa shape index (κ2) is 11.0. The van der Waals surface area contributed by atoms with Crippen molar-refractivity contribution in [2.75, 3.05) is 18.4 Å². The number of nitrogens with two attached hydrogens (primary N) is 1. The highest BCUT2D eigenvalue weighted by atomic mass is 16.6. The van der Waals surface area contributed by atoms with Gasteiger partial charge in [0.05, 0.1) is 18.0 Å². The Balaban J connectivity index is 1.10. The van der Waals surface area contributed by atoms with Crippen molar-refractivity contribution >= 4 is 29.9 Å². The molecule has 2 unspecified atom stereocenters. The molecule has 0 bridgehead atoms. The summed E-state index contributed by atoms with van der Waals surface area (Å²) in [6, 6.07) is 20.3. The van der Waals surface area contributed by atoms with Gasteiger partial charge in [0.1, 0.15) is 23.5 Å². The fraction of sp³-hybridized carbons (Fsp3) is 0.242. The molecule has 7 rings (SSSR count). The maximum absolute atomic E-state index is 13.0. The number of nitrogens with zero attached hydrogens (tertiary/aromatic N) is 5. The molecular formula is C33H32N7O3+. The van der Waals surface area contributed by atoms with Gasteiger partial charge in [0.15, 0.2) is 0 Å². The summed E-state index contributed by atoms with van der Waals surface area (Å²) in [4.78, 5) is 41.4. The number of allylic oxidation sites excluding steroid dienone is 1. The standard InChI is InChI=1S/C33H31N7O3/c34-40-18-16-35-20-28(40)30(26-5-4-17-39(21-26)33(42)43-27-6-2-1-3-7-27)38-31(40)23-10-12-24(13-11-23)32(41)37-29-19-25(14-15-36-29)22-8-9-22/h1-3,6-7,10-16,18-20,22,26H,4-5,8-9,17,21,34H2/p+1. The monoisotopic (exact) mass is 574 g/mol. The molecule has 3 N–H and O–H groups in total. The molecule has 1 aliphatic carbocycles. The van der Waals surface area contributed by atoms with Crippen LogP contribution in [-0.2, 0) is 0 Å². The first-order valence-electron chi connectivity index (χ1n) is 14.6. The number of aromatic nitrogens is 1. The van der Waals surface area contributed by atoms with Gasteiger partial charge in [-0.1, -0.05) is 18.2 Å². The number of carbonyl (C=O) groups excluding carboxylic acids is 2. The van der Waals surface area contributed by atoms with Crippen LogP contribution in [0.4, 0.5) is 10.6 Å². The maximum Gasteiger partial charge on any atom is 0.415 e. The van der Waals surface area contributed by atoms with Crippen molar-refractivity contribution in [3.63, 3.8) is 0 Å². The van der Waals surface area contributed by atoms with E-state index in [1.54, 1.807) is 54.0 Å². The molecule has 10 heteroatoms. The van der Waals surface area contributed by atoms with Gasteiger partial charge in [-0.15, -0.1) is 4.59 Å². The van der Waals surface area contributed by atoms with Crippen LogP contribution in [-0.4, -0.2) is 51.6 Å². The average Bonchev–Trinajstić information content (AvgIpc) is 3.84.